The molecule has 2 N–H and O–H groups in total. The summed E-state index contributed by atoms with van der Waals surface area (Å²) in [6.45, 7) is 2.55. The molecule has 0 radical (unpaired) electrons. The van der Waals surface area contributed by atoms with Crippen LogP contribution in [0, 0.1) is 11.3 Å². The van der Waals surface area contributed by atoms with Crippen LogP contribution in [0.15, 0.2) is 24.3 Å². The van der Waals surface area contributed by atoms with Gasteiger partial charge in [0, 0.05) is 38.3 Å². The van der Waals surface area contributed by atoms with Crippen molar-refractivity contribution < 1.29 is 19.5 Å². The van der Waals surface area contributed by atoms with Crippen LogP contribution < -0.4 is 5.32 Å². The molecule has 0 unspecified atom stereocenters. The van der Waals surface area contributed by atoms with Crippen molar-refractivity contribution in [2.45, 2.75) is 44.9 Å². The highest BCUT2D eigenvalue weighted by atomic mass is 16.4. The van der Waals surface area contributed by atoms with Gasteiger partial charge in [-0.2, -0.15) is 0 Å². The van der Waals surface area contributed by atoms with E-state index in [1.165, 1.54) is 0 Å². The third kappa shape index (κ3) is 3.95. The van der Waals surface area contributed by atoms with Crippen LogP contribution in [0.2, 0.25) is 0 Å². The van der Waals surface area contributed by atoms with Crippen LogP contribution in [0.1, 0.15) is 44.1 Å². The Morgan fingerprint density at radius 3 is 2.45 bits per heavy atom. The number of nitrogens with one attached hydrogen (secondary N) is 1. The normalized spacial score (nSPS) is 25.9. The molecule has 3 amide bonds. The van der Waals surface area contributed by atoms with Gasteiger partial charge in [-0.25, -0.2) is 4.79 Å². The topological polar surface area (TPSA) is 90.0 Å². The lowest BCUT2D eigenvalue weighted by molar-refractivity contribution is -0.149. The summed E-state index contributed by atoms with van der Waals surface area (Å²) < 4.78 is 0. The van der Waals surface area contributed by atoms with Crippen LogP contribution in [-0.2, 0) is 16.0 Å². The monoisotopic (exact) mass is 399 g/mol. The second-order valence-corrected chi connectivity index (χ2v) is 8.65. The molecule has 1 aromatic rings. The van der Waals surface area contributed by atoms with Gasteiger partial charge in [-0.1, -0.05) is 18.6 Å². The van der Waals surface area contributed by atoms with Crippen LogP contribution >= 0.6 is 0 Å². The number of nitrogens with zero attached hydrogens (tertiary/aromatic N) is 2. The van der Waals surface area contributed by atoms with Crippen molar-refractivity contribution in [1.82, 2.24) is 9.80 Å². The first-order valence-electron chi connectivity index (χ1n) is 10.6. The Morgan fingerprint density at radius 2 is 1.79 bits per heavy atom. The van der Waals surface area contributed by atoms with E-state index in [0.717, 1.165) is 44.3 Å². The number of carbonyl (C=O) groups excluding carboxylic acids is 2. The Labute approximate surface area is 171 Å². The van der Waals surface area contributed by atoms with E-state index in [2.05, 4.69) is 5.32 Å². The number of fused-ring (bicyclic) bond motifs is 1. The molecule has 1 aliphatic carbocycles. The van der Waals surface area contributed by atoms with Gasteiger partial charge in [-0.05, 0) is 55.7 Å². The Bertz CT molecular complexity index is 788. The summed E-state index contributed by atoms with van der Waals surface area (Å²) in [5.41, 5.74) is 0.991. The quantitative estimate of drug-likeness (QED) is 0.797. The van der Waals surface area contributed by atoms with Gasteiger partial charge in [0.2, 0.25) is 5.91 Å². The number of rotatable bonds is 5. The van der Waals surface area contributed by atoms with Crippen molar-refractivity contribution in [2.24, 2.45) is 11.3 Å². The summed E-state index contributed by atoms with van der Waals surface area (Å²) in [6, 6.07) is 7.32. The van der Waals surface area contributed by atoms with Gasteiger partial charge in [0.05, 0.1) is 5.41 Å². The molecule has 1 saturated carbocycles. The van der Waals surface area contributed by atoms with Gasteiger partial charge in [-0.3, -0.25) is 9.59 Å². The predicted molar refractivity (Wildman–Crippen MR) is 109 cm³/mol. The highest BCUT2D eigenvalue weighted by Crippen LogP contribution is 2.48. The second-order valence-electron chi connectivity index (χ2n) is 8.65. The maximum absolute atomic E-state index is 12.6. The number of anilines is 1. The molecular formula is C22H29N3O4. The third-order valence-corrected chi connectivity index (χ3v) is 6.88. The lowest BCUT2D eigenvalue weighted by Gasteiger charge is -2.23. The lowest BCUT2D eigenvalue weighted by Crippen LogP contribution is -2.38. The number of amides is 3. The molecule has 1 aromatic carbocycles. The number of hydrogen-bond donors (Lipinski definition) is 2. The van der Waals surface area contributed by atoms with Crippen molar-refractivity contribution in [2.75, 3.05) is 31.5 Å². The number of benzene rings is 1. The molecule has 3 aliphatic rings. The number of aryl methyl sites for hydroxylation is 1. The molecule has 0 aromatic heterocycles. The molecule has 0 bridgehead atoms. The van der Waals surface area contributed by atoms with Gasteiger partial charge >= 0.3 is 12.0 Å². The van der Waals surface area contributed by atoms with Gasteiger partial charge in [0.15, 0.2) is 0 Å². The van der Waals surface area contributed by atoms with Crippen molar-refractivity contribution in [3.63, 3.8) is 0 Å². The first kappa shape index (κ1) is 19.7. The number of aliphatic carboxylic acids is 1. The molecule has 2 saturated heterocycles. The fourth-order valence-electron chi connectivity index (χ4n) is 5.13. The average Bonchev–Trinajstić information content (AvgIpc) is 3.42. The minimum atomic E-state index is -0.775. The fraction of sp³-hybridized carbons (Fsp3) is 0.591. The largest absolute Gasteiger partial charge is 0.481 e. The van der Waals surface area contributed by atoms with Crippen LogP contribution in [0.3, 0.4) is 0 Å². The molecule has 2 atom stereocenters. The zero-order valence-corrected chi connectivity index (χ0v) is 16.7. The molecule has 3 fully saturated rings. The molecule has 7 heteroatoms. The fourth-order valence-corrected chi connectivity index (χ4v) is 5.13. The molecule has 7 nitrogen and oxygen atoms in total. The Balaban J connectivity index is 1.29. The van der Waals surface area contributed by atoms with Crippen LogP contribution in [0.25, 0.3) is 0 Å². The third-order valence-electron chi connectivity index (χ3n) is 6.88. The summed E-state index contributed by atoms with van der Waals surface area (Å²) in [6.07, 6.45) is 5.87. The van der Waals surface area contributed by atoms with Crippen molar-refractivity contribution in [1.29, 1.82) is 0 Å². The summed E-state index contributed by atoms with van der Waals surface area (Å²) >= 11 is 0. The number of carboxylic acids is 1. The van der Waals surface area contributed by atoms with E-state index < -0.39 is 11.4 Å². The molecule has 2 aliphatic heterocycles. The smallest absolute Gasteiger partial charge is 0.321 e. The lowest BCUT2D eigenvalue weighted by atomic mass is 9.81. The van der Waals surface area contributed by atoms with Crippen molar-refractivity contribution in [3.05, 3.63) is 29.8 Å². The van der Waals surface area contributed by atoms with Crippen LogP contribution in [0.4, 0.5) is 10.5 Å². The molecule has 156 valence electrons. The minimum absolute atomic E-state index is 0.0567. The summed E-state index contributed by atoms with van der Waals surface area (Å²) in [5, 5.41) is 12.6. The summed E-state index contributed by atoms with van der Waals surface area (Å²) in [4.78, 5) is 40.1. The van der Waals surface area contributed by atoms with E-state index >= 15 is 0 Å². The zero-order chi connectivity index (χ0) is 20.4. The minimum Gasteiger partial charge on any atom is -0.481 e. The number of hydrogen-bond acceptors (Lipinski definition) is 3. The van der Waals surface area contributed by atoms with Crippen LogP contribution in [-0.4, -0.2) is 59.0 Å². The van der Waals surface area contributed by atoms with E-state index in [1.807, 2.05) is 29.2 Å². The maximum atomic E-state index is 12.6. The van der Waals surface area contributed by atoms with E-state index in [9.17, 15) is 19.5 Å². The van der Waals surface area contributed by atoms with Gasteiger partial charge in [0.25, 0.3) is 0 Å². The predicted octanol–water partition coefficient (Wildman–Crippen LogP) is 2.96. The number of carboxylic acid groups (broad SMARTS) is 1. The standard InChI is InChI=1S/C22H29N3O4/c26-19(24-12-1-2-13-24)10-7-16-5-8-18(9-6-16)23-21(29)25-14-17-4-3-11-22(17,15-25)20(27)28/h5-6,8-9,17H,1-4,7,10-15H2,(H,23,29)(H,27,28)/t17-,22+/m0/s1. The average molecular weight is 399 g/mol. The SMILES string of the molecule is O=C(CCc1ccc(NC(=O)N2C[C@@H]3CCC[C@@]3(C(=O)O)C2)cc1)N1CCCC1. The molecule has 0 spiro atoms. The molecule has 4 rings (SSSR count). The van der Waals surface area contributed by atoms with Crippen LogP contribution in [0.5, 0.6) is 0 Å². The summed E-state index contributed by atoms with van der Waals surface area (Å²) in [5.74, 6) is -0.503. The maximum Gasteiger partial charge on any atom is 0.321 e. The zero-order valence-electron chi connectivity index (χ0n) is 16.7. The number of likely N-dealkylation sites (tertiary alicyclic amines) is 2. The highest BCUT2D eigenvalue weighted by Gasteiger charge is 2.55. The number of urea groups is 1. The van der Waals surface area contributed by atoms with E-state index in [1.54, 1.807) is 4.90 Å². The molecular weight excluding hydrogens is 370 g/mol. The first-order chi connectivity index (χ1) is 14.0. The summed E-state index contributed by atoms with van der Waals surface area (Å²) in [7, 11) is 0. The van der Waals surface area contributed by atoms with E-state index in [-0.39, 0.29) is 24.4 Å². The number of carbonyl (C=O) groups is 3. The van der Waals surface area contributed by atoms with E-state index in [0.29, 0.717) is 31.5 Å². The van der Waals surface area contributed by atoms with Gasteiger partial charge < -0.3 is 20.2 Å². The van der Waals surface area contributed by atoms with Crippen molar-refractivity contribution in [3.8, 4) is 0 Å². The van der Waals surface area contributed by atoms with Gasteiger partial charge in [-0.15, -0.1) is 0 Å². The Kier molecular flexibility index (Phi) is 5.48. The van der Waals surface area contributed by atoms with Crippen molar-refractivity contribution >= 4 is 23.6 Å². The Morgan fingerprint density at radius 1 is 1.07 bits per heavy atom. The first-order valence-corrected chi connectivity index (χ1v) is 10.6. The highest BCUT2D eigenvalue weighted by molar-refractivity contribution is 5.90. The van der Waals surface area contributed by atoms with Gasteiger partial charge in [0.1, 0.15) is 0 Å². The van der Waals surface area contributed by atoms with E-state index in [4.69, 9.17) is 0 Å². The second kappa shape index (κ2) is 8.05. The molecule has 29 heavy (non-hydrogen) atoms. The Hall–Kier alpha value is -2.57. The molecule has 2 heterocycles.